The predicted molar refractivity (Wildman–Crippen MR) is 64.3 cm³/mol. The zero-order chi connectivity index (χ0) is 12.0. The lowest BCUT2D eigenvalue weighted by atomic mass is 10.0. The van der Waals surface area contributed by atoms with E-state index in [0.29, 0.717) is 6.61 Å². The van der Waals surface area contributed by atoms with Crippen molar-refractivity contribution in [3.05, 3.63) is 35.4 Å². The van der Waals surface area contributed by atoms with Gasteiger partial charge < -0.3 is 10.1 Å². The van der Waals surface area contributed by atoms with Crippen molar-refractivity contribution in [1.29, 1.82) is 0 Å². The molecular formula is C13H19NO2. The monoisotopic (exact) mass is 221 g/mol. The molecule has 0 radical (unpaired) electrons. The largest absolute Gasteiger partial charge is 0.465 e. The van der Waals surface area contributed by atoms with Gasteiger partial charge in [0.2, 0.25) is 0 Å². The average molecular weight is 221 g/mol. The van der Waals surface area contributed by atoms with Gasteiger partial charge in [0, 0.05) is 0 Å². The topological polar surface area (TPSA) is 38.3 Å². The van der Waals surface area contributed by atoms with E-state index >= 15 is 0 Å². The first-order valence-corrected chi connectivity index (χ1v) is 5.65. The molecule has 0 aliphatic rings. The van der Waals surface area contributed by atoms with Crippen molar-refractivity contribution < 1.29 is 9.53 Å². The summed E-state index contributed by atoms with van der Waals surface area (Å²) in [5.74, 6) is -0.228. The maximum atomic E-state index is 11.6. The zero-order valence-electron chi connectivity index (χ0n) is 10.1. The Morgan fingerprint density at radius 1 is 1.31 bits per heavy atom. The normalized spacial score (nSPS) is 12.2. The first-order chi connectivity index (χ1) is 7.72. The third-order valence-corrected chi connectivity index (χ3v) is 2.53. The number of benzene rings is 1. The highest BCUT2D eigenvalue weighted by Gasteiger charge is 2.19. The summed E-state index contributed by atoms with van der Waals surface area (Å²) in [5, 5.41) is 2.97. The Bertz CT molecular complexity index is 332. The van der Waals surface area contributed by atoms with Crippen LogP contribution in [0.15, 0.2) is 24.3 Å². The lowest BCUT2D eigenvalue weighted by Gasteiger charge is -2.15. The second-order valence-electron chi connectivity index (χ2n) is 3.57. The van der Waals surface area contributed by atoms with Crippen molar-refractivity contribution in [3.63, 3.8) is 0 Å². The molecule has 0 heterocycles. The standard InChI is InChI=1S/C13H19NO2/c1-4-10-6-8-11(9-7-10)12(14-3)13(15)16-5-2/h6-9,12,14H,4-5H2,1-3H3. The molecule has 0 amide bonds. The van der Waals surface area contributed by atoms with Crippen LogP contribution in [0.3, 0.4) is 0 Å². The summed E-state index contributed by atoms with van der Waals surface area (Å²) in [6, 6.07) is 7.65. The van der Waals surface area contributed by atoms with E-state index in [1.807, 2.05) is 31.2 Å². The van der Waals surface area contributed by atoms with E-state index < -0.39 is 0 Å². The van der Waals surface area contributed by atoms with E-state index in [0.717, 1.165) is 12.0 Å². The first-order valence-electron chi connectivity index (χ1n) is 5.65. The molecule has 0 aliphatic heterocycles. The van der Waals surface area contributed by atoms with E-state index in [1.165, 1.54) is 5.56 Å². The molecule has 1 rings (SSSR count). The average Bonchev–Trinajstić information content (AvgIpc) is 2.31. The SMILES string of the molecule is CCOC(=O)C(NC)c1ccc(CC)cc1. The van der Waals surface area contributed by atoms with Gasteiger partial charge in [-0.25, -0.2) is 4.79 Å². The van der Waals surface area contributed by atoms with Crippen molar-refractivity contribution in [2.75, 3.05) is 13.7 Å². The second kappa shape index (κ2) is 6.28. The van der Waals surface area contributed by atoms with Gasteiger partial charge >= 0.3 is 5.97 Å². The second-order valence-corrected chi connectivity index (χ2v) is 3.57. The molecule has 0 saturated heterocycles. The van der Waals surface area contributed by atoms with Crippen LogP contribution in [0.4, 0.5) is 0 Å². The Morgan fingerprint density at radius 3 is 2.38 bits per heavy atom. The molecule has 1 atom stereocenters. The van der Waals surface area contributed by atoms with Gasteiger partial charge in [-0.15, -0.1) is 0 Å². The number of ether oxygens (including phenoxy) is 1. The molecule has 0 spiro atoms. The number of hydrogen-bond donors (Lipinski definition) is 1. The molecule has 1 aromatic carbocycles. The van der Waals surface area contributed by atoms with Crippen molar-refractivity contribution in [2.45, 2.75) is 26.3 Å². The maximum absolute atomic E-state index is 11.6. The van der Waals surface area contributed by atoms with Crippen LogP contribution in [0.1, 0.15) is 31.0 Å². The summed E-state index contributed by atoms with van der Waals surface area (Å²) in [4.78, 5) is 11.6. The van der Waals surface area contributed by atoms with Crippen molar-refractivity contribution in [1.82, 2.24) is 5.32 Å². The quantitative estimate of drug-likeness (QED) is 0.774. The number of rotatable bonds is 5. The van der Waals surface area contributed by atoms with Gasteiger partial charge in [-0.05, 0) is 31.5 Å². The number of carbonyl (C=O) groups excluding carboxylic acids is 1. The fraction of sp³-hybridized carbons (Fsp3) is 0.462. The molecule has 1 unspecified atom stereocenters. The van der Waals surface area contributed by atoms with Crippen LogP contribution >= 0.6 is 0 Å². The minimum atomic E-state index is -0.370. The smallest absolute Gasteiger partial charge is 0.327 e. The molecule has 16 heavy (non-hydrogen) atoms. The Morgan fingerprint density at radius 2 is 1.94 bits per heavy atom. The van der Waals surface area contributed by atoms with Crippen LogP contribution in [-0.2, 0) is 16.0 Å². The fourth-order valence-electron chi connectivity index (χ4n) is 1.59. The molecule has 0 aromatic heterocycles. The zero-order valence-corrected chi connectivity index (χ0v) is 10.1. The van der Waals surface area contributed by atoms with Gasteiger partial charge in [0.1, 0.15) is 6.04 Å². The highest BCUT2D eigenvalue weighted by Crippen LogP contribution is 2.15. The van der Waals surface area contributed by atoms with Crippen molar-refractivity contribution >= 4 is 5.97 Å². The molecule has 3 heteroatoms. The summed E-state index contributed by atoms with van der Waals surface area (Å²) in [7, 11) is 1.76. The number of aryl methyl sites for hydroxylation is 1. The molecule has 1 aromatic rings. The van der Waals surface area contributed by atoms with E-state index in [4.69, 9.17) is 4.74 Å². The van der Waals surface area contributed by atoms with Crippen LogP contribution in [0.2, 0.25) is 0 Å². The van der Waals surface area contributed by atoms with Gasteiger partial charge in [-0.2, -0.15) is 0 Å². The Balaban J connectivity index is 2.82. The Kier molecular flexibility index (Phi) is 4.99. The summed E-state index contributed by atoms with van der Waals surface area (Å²) in [5.41, 5.74) is 2.21. The van der Waals surface area contributed by atoms with Gasteiger partial charge in [-0.3, -0.25) is 0 Å². The van der Waals surface area contributed by atoms with E-state index in [9.17, 15) is 4.79 Å². The fourth-order valence-corrected chi connectivity index (χ4v) is 1.59. The molecule has 88 valence electrons. The lowest BCUT2D eigenvalue weighted by Crippen LogP contribution is -2.27. The van der Waals surface area contributed by atoms with Crippen LogP contribution in [0.5, 0.6) is 0 Å². The third kappa shape index (κ3) is 3.07. The molecule has 0 aliphatic carbocycles. The van der Waals surface area contributed by atoms with Crippen molar-refractivity contribution in [3.8, 4) is 0 Å². The molecule has 1 N–H and O–H groups in total. The number of carbonyl (C=O) groups is 1. The lowest BCUT2D eigenvalue weighted by molar-refractivity contribution is -0.145. The third-order valence-electron chi connectivity index (χ3n) is 2.53. The summed E-state index contributed by atoms with van der Waals surface area (Å²) in [6.45, 7) is 4.32. The summed E-state index contributed by atoms with van der Waals surface area (Å²) >= 11 is 0. The molecule has 3 nitrogen and oxygen atoms in total. The molecular weight excluding hydrogens is 202 g/mol. The summed E-state index contributed by atoms with van der Waals surface area (Å²) in [6.07, 6.45) is 1.00. The van der Waals surface area contributed by atoms with E-state index in [2.05, 4.69) is 12.2 Å². The van der Waals surface area contributed by atoms with Crippen LogP contribution in [0.25, 0.3) is 0 Å². The maximum Gasteiger partial charge on any atom is 0.327 e. The number of nitrogens with one attached hydrogen (secondary N) is 1. The Labute approximate surface area is 96.8 Å². The van der Waals surface area contributed by atoms with Crippen LogP contribution in [-0.4, -0.2) is 19.6 Å². The molecule has 0 bridgehead atoms. The highest BCUT2D eigenvalue weighted by molar-refractivity contribution is 5.77. The molecule has 0 fully saturated rings. The van der Waals surface area contributed by atoms with Gasteiger partial charge in [0.15, 0.2) is 0 Å². The van der Waals surface area contributed by atoms with E-state index in [1.54, 1.807) is 7.05 Å². The van der Waals surface area contributed by atoms with Crippen molar-refractivity contribution in [2.24, 2.45) is 0 Å². The Hall–Kier alpha value is -1.35. The summed E-state index contributed by atoms with van der Waals surface area (Å²) < 4.78 is 5.00. The molecule has 0 saturated carbocycles. The van der Waals surface area contributed by atoms with Crippen LogP contribution in [0, 0.1) is 0 Å². The number of likely N-dealkylation sites (N-methyl/N-ethyl adjacent to an activating group) is 1. The van der Waals surface area contributed by atoms with E-state index in [-0.39, 0.29) is 12.0 Å². The predicted octanol–water partition coefficient (Wildman–Crippen LogP) is 2.07. The van der Waals surface area contributed by atoms with Crippen LogP contribution < -0.4 is 5.32 Å². The number of esters is 1. The highest BCUT2D eigenvalue weighted by atomic mass is 16.5. The minimum Gasteiger partial charge on any atom is -0.465 e. The minimum absolute atomic E-state index is 0.228. The van der Waals surface area contributed by atoms with Gasteiger partial charge in [0.25, 0.3) is 0 Å². The first kappa shape index (κ1) is 12.7. The van der Waals surface area contributed by atoms with Gasteiger partial charge in [0.05, 0.1) is 6.61 Å². The van der Waals surface area contributed by atoms with Gasteiger partial charge in [-0.1, -0.05) is 31.2 Å². The number of hydrogen-bond acceptors (Lipinski definition) is 3.